The van der Waals surface area contributed by atoms with Crippen LogP contribution in [-0.2, 0) is 4.79 Å². The lowest BCUT2D eigenvalue weighted by molar-refractivity contribution is -0.114. The van der Waals surface area contributed by atoms with Gasteiger partial charge in [-0.25, -0.2) is 9.50 Å². The number of rotatable bonds is 3. The zero-order valence-electron chi connectivity index (χ0n) is 8.86. The minimum atomic E-state index is -1.93. The van der Waals surface area contributed by atoms with Gasteiger partial charge in [-0.05, 0) is 6.07 Å². The summed E-state index contributed by atoms with van der Waals surface area (Å²) >= 11 is 0. The van der Waals surface area contributed by atoms with Crippen LogP contribution in [-0.4, -0.2) is 37.9 Å². The highest BCUT2D eigenvalue weighted by molar-refractivity contribution is 6.33. The maximum absolute atomic E-state index is 10.8. The van der Waals surface area contributed by atoms with Crippen LogP contribution in [0.25, 0.3) is 5.65 Å². The number of hydrogen-bond acceptors (Lipinski definition) is 6. The first-order valence-electron chi connectivity index (χ1n) is 4.71. The molecule has 9 heteroatoms. The maximum atomic E-state index is 10.8. The fourth-order valence-electron chi connectivity index (χ4n) is 1.28. The third-order valence-corrected chi connectivity index (χ3v) is 1.83. The smallest absolute Gasteiger partial charge is 0.497 e. The summed E-state index contributed by atoms with van der Waals surface area (Å²) in [7, 11) is -1.93. The molecule has 1 amide bonds. The molecule has 0 aliphatic rings. The minimum absolute atomic E-state index is 0.0271. The van der Waals surface area contributed by atoms with E-state index in [1.165, 1.54) is 23.7 Å². The second kappa shape index (κ2) is 4.40. The Kier molecular flexibility index (Phi) is 2.94. The van der Waals surface area contributed by atoms with Gasteiger partial charge in [0.25, 0.3) is 0 Å². The van der Waals surface area contributed by atoms with Gasteiger partial charge in [-0.15, -0.1) is 5.10 Å². The minimum Gasteiger partial charge on any atom is -0.497 e. The van der Waals surface area contributed by atoms with Gasteiger partial charge < -0.3 is 20.0 Å². The van der Waals surface area contributed by atoms with Gasteiger partial charge in [-0.1, -0.05) is 0 Å². The number of anilines is 1. The molecule has 0 fully saturated rings. The predicted octanol–water partition coefficient (Wildman–Crippen LogP) is -0.964. The third-order valence-electron chi connectivity index (χ3n) is 1.83. The van der Waals surface area contributed by atoms with Crippen molar-refractivity contribution in [2.45, 2.75) is 6.92 Å². The number of fused-ring (bicyclic) bond motifs is 1. The summed E-state index contributed by atoms with van der Waals surface area (Å²) in [5, 5.41) is 23.6. The summed E-state index contributed by atoms with van der Waals surface area (Å²) < 4.78 is 5.93. The second-order valence-electron chi connectivity index (χ2n) is 3.23. The Bertz CT molecular complexity index is 555. The van der Waals surface area contributed by atoms with Crippen LogP contribution in [0.5, 0.6) is 5.88 Å². The normalized spacial score (nSPS) is 10.3. The molecule has 8 nitrogen and oxygen atoms in total. The predicted molar refractivity (Wildman–Crippen MR) is 58.1 cm³/mol. The number of amides is 1. The van der Waals surface area contributed by atoms with E-state index in [2.05, 4.69) is 20.1 Å². The van der Waals surface area contributed by atoms with Gasteiger partial charge in [-0.2, -0.15) is 0 Å². The Morgan fingerprint density at radius 1 is 1.53 bits per heavy atom. The number of aromatic nitrogens is 3. The molecule has 0 spiro atoms. The molecule has 0 saturated heterocycles. The number of nitrogens with zero attached hydrogens (tertiary/aromatic N) is 3. The summed E-state index contributed by atoms with van der Waals surface area (Å²) in [4.78, 5) is 14.9. The molecule has 17 heavy (non-hydrogen) atoms. The van der Waals surface area contributed by atoms with E-state index in [-0.39, 0.29) is 11.8 Å². The first-order chi connectivity index (χ1) is 8.04. The molecule has 88 valence electrons. The fraction of sp³-hybridized carbons (Fsp3) is 0.125. The van der Waals surface area contributed by atoms with Crippen molar-refractivity contribution >= 4 is 24.7 Å². The molecular formula is C8H9BN4O4. The number of nitrogens with one attached hydrogen (secondary N) is 1. The lowest BCUT2D eigenvalue weighted by Crippen LogP contribution is -2.21. The van der Waals surface area contributed by atoms with E-state index < -0.39 is 7.32 Å². The number of hydrogen-bond donors (Lipinski definition) is 3. The number of carbonyl (C=O) groups is 1. The van der Waals surface area contributed by atoms with Crippen molar-refractivity contribution in [3.8, 4) is 5.88 Å². The largest absolute Gasteiger partial charge is 0.708 e. The highest BCUT2D eigenvalue weighted by Crippen LogP contribution is 2.12. The van der Waals surface area contributed by atoms with Crippen molar-refractivity contribution in [2.75, 3.05) is 5.32 Å². The van der Waals surface area contributed by atoms with E-state index in [0.717, 1.165) is 0 Å². The van der Waals surface area contributed by atoms with Crippen LogP contribution in [0.4, 0.5) is 5.82 Å². The van der Waals surface area contributed by atoms with Gasteiger partial charge in [0.2, 0.25) is 11.8 Å². The van der Waals surface area contributed by atoms with Crippen molar-refractivity contribution < 1.29 is 19.5 Å². The molecule has 0 aromatic carbocycles. The first kappa shape index (κ1) is 11.4. The van der Waals surface area contributed by atoms with Crippen molar-refractivity contribution in [3.05, 3.63) is 18.3 Å². The fourth-order valence-corrected chi connectivity index (χ4v) is 1.28. The van der Waals surface area contributed by atoms with E-state index in [1.807, 2.05) is 0 Å². The molecule has 2 aromatic heterocycles. The lowest BCUT2D eigenvalue weighted by atomic mass is 10.3. The van der Waals surface area contributed by atoms with Crippen LogP contribution in [0.3, 0.4) is 0 Å². The van der Waals surface area contributed by atoms with Crippen LogP contribution < -0.4 is 9.97 Å². The molecule has 3 N–H and O–H groups in total. The molecule has 0 unspecified atom stereocenters. The Morgan fingerprint density at radius 3 is 2.94 bits per heavy atom. The van der Waals surface area contributed by atoms with Crippen molar-refractivity contribution in [1.29, 1.82) is 0 Å². The lowest BCUT2D eigenvalue weighted by Gasteiger charge is -2.02. The van der Waals surface area contributed by atoms with Crippen molar-refractivity contribution in [3.63, 3.8) is 0 Å². The molecule has 0 bridgehead atoms. The van der Waals surface area contributed by atoms with Crippen LogP contribution in [0.15, 0.2) is 18.3 Å². The van der Waals surface area contributed by atoms with Crippen LogP contribution in [0, 0.1) is 0 Å². The Balaban J connectivity index is 2.30. The zero-order chi connectivity index (χ0) is 12.4. The van der Waals surface area contributed by atoms with Crippen molar-refractivity contribution in [1.82, 2.24) is 14.6 Å². The molecule has 0 saturated carbocycles. The van der Waals surface area contributed by atoms with E-state index in [0.29, 0.717) is 11.5 Å². The molecular weight excluding hydrogens is 227 g/mol. The van der Waals surface area contributed by atoms with E-state index in [4.69, 9.17) is 10.0 Å². The first-order valence-corrected chi connectivity index (χ1v) is 4.71. The van der Waals surface area contributed by atoms with E-state index in [9.17, 15) is 4.79 Å². The van der Waals surface area contributed by atoms with Crippen LogP contribution in [0.2, 0.25) is 0 Å². The second-order valence-corrected chi connectivity index (χ2v) is 3.23. The van der Waals surface area contributed by atoms with Crippen molar-refractivity contribution in [2.24, 2.45) is 0 Å². The average molecular weight is 236 g/mol. The summed E-state index contributed by atoms with van der Waals surface area (Å²) in [5.41, 5.74) is 0.494. The van der Waals surface area contributed by atoms with Gasteiger partial charge in [0.05, 0.1) is 6.20 Å². The quantitative estimate of drug-likeness (QED) is 0.592. The Morgan fingerprint density at radius 2 is 2.29 bits per heavy atom. The van der Waals surface area contributed by atoms with E-state index in [1.54, 1.807) is 6.07 Å². The zero-order valence-corrected chi connectivity index (χ0v) is 8.86. The molecule has 2 rings (SSSR count). The number of carbonyl (C=O) groups excluding carboxylic acids is 1. The van der Waals surface area contributed by atoms with Gasteiger partial charge in [0, 0.05) is 13.0 Å². The summed E-state index contributed by atoms with van der Waals surface area (Å²) in [6.07, 6.45) is 1.48. The molecule has 2 aromatic rings. The highest BCUT2D eigenvalue weighted by atomic mass is 16.6. The molecule has 0 aliphatic heterocycles. The SMILES string of the molecule is CC(=O)Nc1cn2nc(OB(O)O)ccc2n1. The standard InChI is InChI=1S/C8H9BN4O4/c1-5(14)10-6-4-13-7(11-6)2-3-8(12-13)17-9(15)16/h2-4,15-16H,1H3,(H,10,14). The van der Waals surface area contributed by atoms with Gasteiger partial charge in [-0.3, -0.25) is 4.79 Å². The third kappa shape index (κ3) is 2.71. The van der Waals surface area contributed by atoms with Crippen LogP contribution >= 0.6 is 0 Å². The number of imidazole rings is 1. The monoisotopic (exact) mass is 236 g/mol. The van der Waals surface area contributed by atoms with Crippen LogP contribution in [0.1, 0.15) is 6.92 Å². The molecule has 0 radical (unpaired) electrons. The summed E-state index contributed by atoms with van der Waals surface area (Å²) in [6, 6.07) is 3.00. The summed E-state index contributed by atoms with van der Waals surface area (Å²) in [5.74, 6) is 0.140. The summed E-state index contributed by atoms with van der Waals surface area (Å²) in [6.45, 7) is 1.37. The van der Waals surface area contributed by atoms with E-state index >= 15 is 0 Å². The van der Waals surface area contributed by atoms with Gasteiger partial charge in [0.1, 0.15) is 0 Å². The Labute approximate surface area is 96.0 Å². The highest BCUT2D eigenvalue weighted by Gasteiger charge is 2.13. The average Bonchev–Trinajstić information content (AvgIpc) is 2.56. The molecule has 2 heterocycles. The Hall–Kier alpha value is -2.13. The van der Waals surface area contributed by atoms with Gasteiger partial charge in [0.15, 0.2) is 11.5 Å². The molecule has 0 atom stereocenters. The van der Waals surface area contributed by atoms with Gasteiger partial charge >= 0.3 is 7.32 Å². The molecule has 0 aliphatic carbocycles. The topological polar surface area (TPSA) is 109 Å². The maximum Gasteiger partial charge on any atom is 0.708 e.